The molecule has 6 nitrogen and oxygen atoms in total. The number of amides is 1. The number of benzene rings is 2. The molecule has 0 fully saturated rings. The smallest absolute Gasteiger partial charge is 0.277 e. The Morgan fingerprint density at radius 1 is 1.25 bits per heavy atom. The molecule has 1 atom stereocenters. The highest BCUT2D eigenvalue weighted by Gasteiger charge is 2.18. The molecule has 0 saturated carbocycles. The number of carbonyl (C=O) groups is 1. The second-order valence-corrected chi connectivity index (χ2v) is 7.76. The first-order valence-corrected chi connectivity index (χ1v) is 9.97. The Morgan fingerprint density at radius 2 is 2.04 bits per heavy atom. The van der Waals surface area contributed by atoms with Crippen molar-refractivity contribution in [3.63, 3.8) is 0 Å². The lowest BCUT2D eigenvalue weighted by molar-refractivity contribution is -0.120. The van der Waals surface area contributed by atoms with Gasteiger partial charge in [-0.3, -0.25) is 4.79 Å². The molecule has 0 aliphatic carbocycles. The second kappa shape index (κ2) is 9.61. The molecule has 28 heavy (non-hydrogen) atoms. The van der Waals surface area contributed by atoms with E-state index in [1.54, 1.807) is 26.2 Å². The van der Waals surface area contributed by atoms with Crippen LogP contribution in [0.5, 0.6) is 5.75 Å². The monoisotopic (exact) mass is 417 g/mol. The number of halogens is 1. The normalized spacial score (nSPS) is 11.8. The van der Waals surface area contributed by atoms with Crippen molar-refractivity contribution in [3.05, 3.63) is 59.1 Å². The first-order chi connectivity index (χ1) is 13.5. The van der Waals surface area contributed by atoms with Crippen LogP contribution in [0.25, 0.3) is 11.5 Å². The largest absolute Gasteiger partial charge is 0.497 e. The zero-order valence-corrected chi connectivity index (χ0v) is 17.1. The van der Waals surface area contributed by atoms with Crippen molar-refractivity contribution in [2.45, 2.75) is 23.8 Å². The van der Waals surface area contributed by atoms with Crippen LogP contribution in [0.4, 0.5) is 0 Å². The molecule has 0 radical (unpaired) electrons. The predicted molar refractivity (Wildman–Crippen MR) is 110 cm³/mol. The van der Waals surface area contributed by atoms with Gasteiger partial charge in [-0.05, 0) is 49.2 Å². The van der Waals surface area contributed by atoms with E-state index in [-0.39, 0.29) is 11.2 Å². The van der Waals surface area contributed by atoms with Gasteiger partial charge in [0.1, 0.15) is 5.75 Å². The molecule has 3 aromatic rings. The fourth-order valence-corrected chi connectivity index (χ4v) is 3.36. The summed E-state index contributed by atoms with van der Waals surface area (Å²) in [6.07, 6.45) is 0.743. The zero-order valence-electron chi connectivity index (χ0n) is 15.5. The van der Waals surface area contributed by atoms with E-state index in [1.165, 1.54) is 11.8 Å². The summed E-state index contributed by atoms with van der Waals surface area (Å²) in [6.45, 7) is 2.35. The summed E-state index contributed by atoms with van der Waals surface area (Å²) in [7, 11) is 1.63. The number of nitrogens with zero attached hydrogens (tertiary/aromatic N) is 2. The third-order valence-corrected chi connectivity index (χ3v) is 5.17. The second-order valence-electron chi connectivity index (χ2n) is 6.03. The van der Waals surface area contributed by atoms with Gasteiger partial charge in [0.05, 0.1) is 12.4 Å². The summed E-state index contributed by atoms with van der Waals surface area (Å²) in [5, 5.41) is 11.5. The van der Waals surface area contributed by atoms with Crippen LogP contribution in [0.15, 0.2) is 58.2 Å². The van der Waals surface area contributed by atoms with Crippen LogP contribution >= 0.6 is 23.4 Å². The van der Waals surface area contributed by atoms with Crippen LogP contribution in [-0.2, 0) is 11.2 Å². The van der Waals surface area contributed by atoms with Crippen LogP contribution in [0.3, 0.4) is 0 Å². The summed E-state index contributed by atoms with van der Waals surface area (Å²) >= 11 is 7.20. The fraction of sp³-hybridized carbons (Fsp3) is 0.250. The third kappa shape index (κ3) is 5.50. The van der Waals surface area contributed by atoms with E-state index >= 15 is 0 Å². The molecule has 1 heterocycles. The van der Waals surface area contributed by atoms with Crippen LogP contribution < -0.4 is 10.1 Å². The molecule has 8 heteroatoms. The van der Waals surface area contributed by atoms with Crippen molar-refractivity contribution >= 4 is 29.3 Å². The highest BCUT2D eigenvalue weighted by molar-refractivity contribution is 8.00. The van der Waals surface area contributed by atoms with Crippen molar-refractivity contribution in [2.75, 3.05) is 13.7 Å². The highest BCUT2D eigenvalue weighted by atomic mass is 35.5. The number of ether oxygens (including phenoxy) is 1. The van der Waals surface area contributed by atoms with Gasteiger partial charge >= 0.3 is 0 Å². The van der Waals surface area contributed by atoms with Crippen molar-refractivity contribution in [1.29, 1.82) is 0 Å². The molecular formula is C20H20ClN3O3S. The molecule has 0 unspecified atom stereocenters. The Labute approximate surface area is 172 Å². The number of rotatable bonds is 8. The van der Waals surface area contributed by atoms with Crippen molar-refractivity contribution in [2.24, 2.45) is 0 Å². The van der Waals surface area contributed by atoms with Gasteiger partial charge in [-0.1, -0.05) is 41.6 Å². The summed E-state index contributed by atoms with van der Waals surface area (Å²) in [5.41, 5.74) is 1.87. The number of carbonyl (C=O) groups excluding carboxylic acids is 1. The van der Waals surface area contributed by atoms with Gasteiger partial charge in [0.2, 0.25) is 11.8 Å². The fourth-order valence-electron chi connectivity index (χ4n) is 2.47. The van der Waals surface area contributed by atoms with Gasteiger partial charge in [0.15, 0.2) is 0 Å². The van der Waals surface area contributed by atoms with Gasteiger partial charge in [0.25, 0.3) is 5.22 Å². The minimum atomic E-state index is -0.358. The molecule has 1 N–H and O–H groups in total. The molecule has 146 valence electrons. The van der Waals surface area contributed by atoms with Crippen molar-refractivity contribution in [3.8, 4) is 17.2 Å². The number of nitrogens with one attached hydrogen (secondary N) is 1. The van der Waals surface area contributed by atoms with E-state index in [0.29, 0.717) is 22.7 Å². The lowest BCUT2D eigenvalue weighted by Gasteiger charge is -2.10. The average molecular weight is 418 g/mol. The van der Waals surface area contributed by atoms with Gasteiger partial charge < -0.3 is 14.5 Å². The molecular weight excluding hydrogens is 398 g/mol. The Kier molecular flexibility index (Phi) is 6.95. The molecule has 1 aromatic heterocycles. The summed E-state index contributed by atoms with van der Waals surface area (Å²) in [4.78, 5) is 12.3. The highest BCUT2D eigenvalue weighted by Crippen LogP contribution is 2.27. The molecule has 0 saturated heterocycles. The number of hydrogen-bond acceptors (Lipinski definition) is 6. The van der Waals surface area contributed by atoms with E-state index in [4.69, 9.17) is 20.8 Å². The predicted octanol–water partition coefficient (Wildman–Crippen LogP) is 4.24. The van der Waals surface area contributed by atoms with Gasteiger partial charge in [-0.2, -0.15) is 0 Å². The van der Waals surface area contributed by atoms with Crippen LogP contribution in [0.1, 0.15) is 12.5 Å². The number of thioether (sulfide) groups is 1. The molecule has 2 aromatic carbocycles. The summed E-state index contributed by atoms with van der Waals surface area (Å²) in [5.74, 6) is 1.10. The van der Waals surface area contributed by atoms with Gasteiger partial charge in [-0.25, -0.2) is 0 Å². The number of methoxy groups -OCH3 is 1. The van der Waals surface area contributed by atoms with E-state index in [9.17, 15) is 4.79 Å². The first kappa shape index (κ1) is 20.2. The maximum Gasteiger partial charge on any atom is 0.277 e. The van der Waals surface area contributed by atoms with Crippen molar-refractivity contribution < 1.29 is 13.9 Å². The lowest BCUT2D eigenvalue weighted by atomic mass is 10.1. The maximum atomic E-state index is 12.3. The number of aromatic nitrogens is 2. The van der Waals surface area contributed by atoms with E-state index in [1.807, 2.05) is 36.4 Å². The van der Waals surface area contributed by atoms with E-state index in [2.05, 4.69) is 15.5 Å². The SMILES string of the molecule is COc1ccc(CCNC(=O)[C@@H](C)Sc2nnc(-c3cccc(Cl)c3)o2)cc1. The topological polar surface area (TPSA) is 77.2 Å². The zero-order chi connectivity index (χ0) is 19.9. The van der Waals surface area contributed by atoms with Gasteiger partial charge in [0, 0.05) is 17.1 Å². The lowest BCUT2D eigenvalue weighted by Crippen LogP contribution is -2.32. The van der Waals surface area contributed by atoms with Crippen molar-refractivity contribution in [1.82, 2.24) is 15.5 Å². The molecule has 0 spiro atoms. The van der Waals surface area contributed by atoms with Crippen LogP contribution in [0.2, 0.25) is 5.02 Å². The quantitative estimate of drug-likeness (QED) is 0.552. The molecule has 3 rings (SSSR count). The van der Waals surface area contributed by atoms with E-state index < -0.39 is 0 Å². The third-order valence-electron chi connectivity index (χ3n) is 4.00. The van der Waals surface area contributed by atoms with Crippen LogP contribution in [0, 0.1) is 0 Å². The summed E-state index contributed by atoms with van der Waals surface area (Å²) in [6, 6.07) is 15.0. The first-order valence-electron chi connectivity index (χ1n) is 8.72. The molecule has 0 aliphatic heterocycles. The molecule has 0 bridgehead atoms. The Hall–Kier alpha value is -2.51. The maximum absolute atomic E-state index is 12.3. The van der Waals surface area contributed by atoms with Crippen LogP contribution in [-0.4, -0.2) is 35.0 Å². The molecule has 0 aliphatic rings. The summed E-state index contributed by atoms with van der Waals surface area (Å²) < 4.78 is 10.8. The minimum Gasteiger partial charge on any atom is -0.497 e. The Bertz CT molecular complexity index is 930. The number of hydrogen-bond donors (Lipinski definition) is 1. The Morgan fingerprint density at radius 3 is 2.75 bits per heavy atom. The van der Waals surface area contributed by atoms with E-state index in [0.717, 1.165) is 23.3 Å². The van der Waals surface area contributed by atoms with Gasteiger partial charge in [-0.15, -0.1) is 10.2 Å². The minimum absolute atomic E-state index is 0.0824. The average Bonchev–Trinajstić information content (AvgIpc) is 3.17. The molecule has 1 amide bonds. The Balaban J connectivity index is 1.48. The standard InChI is InChI=1S/C20H20ClN3O3S/c1-13(18(25)22-11-10-14-6-8-17(26-2)9-7-14)28-20-24-23-19(27-20)15-4-3-5-16(21)12-15/h3-9,12-13H,10-11H2,1-2H3,(H,22,25)/t13-/m1/s1.